The Morgan fingerprint density at radius 3 is 2.60 bits per heavy atom. The number of rotatable bonds is 3. The van der Waals surface area contributed by atoms with Gasteiger partial charge in [0.25, 0.3) is 0 Å². The highest BCUT2D eigenvalue weighted by molar-refractivity contribution is 9.10. The van der Waals surface area contributed by atoms with E-state index in [0.717, 1.165) is 12.1 Å². The van der Waals surface area contributed by atoms with E-state index in [9.17, 15) is 13.2 Å². The van der Waals surface area contributed by atoms with Gasteiger partial charge in [-0.15, -0.1) is 0 Å². The molecule has 0 aliphatic carbocycles. The zero-order valence-corrected chi connectivity index (χ0v) is 12.7. The van der Waals surface area contributed by atoms with Gasteiger partial charge in [-0.1, -0.05) is 11.8 Å². The Bertz CT molecular complexity index is 628. The summed E-state index contributed by atoms with van der Waals surface area (Å²) in [6.07, 6.45) is -2.83. The monoisotopic (exact) mass is 366 g/mol. The maximum atomic E-state index is 12.6. The predicted octanol–water partition coefficient (Wildman–Crippen LogP) is 3.84. The normalized spacial score (nSPS) is 11.9. The summed E-state index contributed by atoms with van der Waals surface area (Å²) in [5, 5.41) is 9.67. The summed E-state index contributed by atoms with van der Waals surface area (Å²) >= 11 is 4.36. The zero-order chi connectivity index (χ0) is 14.9. The molecule has 0 spiro atoms. The second kappa shape index (κ2) is 5.79. The third-order valence-electron chi connectivity index (χ3n) is 2.66. The molecule has 0 aliphatic rings. The van der Waals surface area contributed by atoms with Crippen LogP contribution in [-0.4, -0.2) is 14.7 Å². The standard InChI is InChI=1S/C12H10BrF3N2OS/c1-18-8(6-19)5-17-11(18)20-10-3-2-7(4-9(10)13)12(14,15)16/h2-5,19H,6H2,1H3. The first-order valence-electron chi connectivity index (χ1n) is 5.49. The van der Waals surface area contributed by atoms with Gasteiger partial charge in [0.1, 0.15) is 0 Å². The Morgan fingerprint density at radius 2 is 2.10 bits per heavy atom. The van der Waals surface area contributed by atoms with Crippen molar-refractivity contribution in [3.63, 3.8) is 0 Å². The summed E-state index contributed by atoms with van der Waals surface area (Å²) in [5.41, 5.74) is -0.0693. The van der Waals surface area contributed by atoms with Crippen LogP contribution in [0.2, 0.25) is 0 Å². The number of nitrogens with zero attached hydrogens (tertiary/aromatic N) is 2. The van der Waals surface area contributed by atoms with Crippen molar-refractivity contribution in [1.82, 2.24) is 9.55 Å². The van der Waals surface area contributed by atoms with Gasteiger partial charge in [0.15, 0.2) is 5.16 Å². The molecule has 0 unspecified atom stereocenters. The minimum atomic E-state index is -4.36. The highest BCUT2D eigenvalue weighted by Gasteiger charge is 2.30. The number of halogens is 4. The fourth-order valence-corrected chi connectivity index (χ4v) is 3.00. The highest BCUT2D eigenvalue weighted by Crippen LogP contribution is 2.37. The first-order chi connectivity index (χ1) is 9.32. The van der Waals surface area contributed by atoms with Crippen LogP contribution in [0, 0.1) is 0 Å². The molecule has 0 saturated heterocycles. The zero-order valence-electron chi connectivity index (χ0n) is 10.3. The molecule has 1 aromatic heterocycles. The number of hydrogen-bond donors (Lipinski definition) is 1. The van der Waals surface area contributed by atoms with E-state index in [-0.39, 0.29) is 6.61 Å². The summed E-state index contributed by atoms with van der Waals surface area (Å²) in [7, 11) is 1.73. The van der Waals surface area contributed by atoms with Crippen LogP contribution < -0.4 is 0 Å². The van der Waals surface area contributed by atoms with Gasteiger partial charge in [-0.25, -0.2) is 4.98 Å². The summed E-state index contributed by atoms with van der Waals surface area (Å²) in [6, 6.07) is 3.46. The number of aliphatic hydroxyl groups is 1. The second-order valence-corrected chi connectivity index (χ2v) is 5.86. The third-order valence-corrected chi connectivity index (χ3v) is 4.72. The van der Waals surface area contributed by atoms with Gasteiger partial charge in [-0.05, 0) is 34.1 Å². The van der Waals surface area contributed by atoms with E-state index >= 15 is 0 Å². The molecule has 0 fully saturated rings. The quantitative estimate of drug-likeness (QED) is 0.896. The molecule has 2 aromatic rings. The van der Waals surface area contributed by atoms with Crippen LogP contribution in [-0.2, 0) is 19.8 Å². The van der Waals surface area contributed by atoms with Gasteiger partial charge >= 0.3 is 6.18 Å². The smallest absolute Gasteiger partial charge is 0.390 e. The first kappa shape index (κ1) is 15.4. The summed E-state index contributed by atoms with van der Waals surface area (Å²) in [5.74, 6) is 0. The number of aliphatic hydroxyl groups excluding tert-OH is 1. The van der Waals surface area contributed by atoms with Gasteiger partial charge < -0.3 is 9.67 Å². The van der Waals surface area contributed by atoms with Crippen LogP contribution in [0.15, 0.2) is 38.9 Å². The van der Waals surface area contributed by atoms with Crippen molar-refractivity contribution < 1.29 is 18.3 Å². The lowest BCUT2D eigenvalue weighted by Gasteiger charge is -2.10. The number of aromatic nitrogens is 2. The van der Waals surface area contributed by atoms with E-state index in [1.165, 1.54) is 24.0 Å². The molecule has 8 heteroatoms. The molecule has 0 saturated carbocycles. The van der Waals surface area contributed by atoms with E-state index in [0.29, 0.717) is 20.2 Å². The van der Waals surface area contributed by atoms with Crippen LogP contribution in [0.3, 0.4) is 0 Å². The van der Waals surface area contributed by atoms with Crippen molar-refractivity contribution in [2.75, 3.05) is 0 Å². The Morgan fingerprint density at radius 1 is 1.40 bits per heavy atom. The first-order valence-corrected chi connectivity index (χ1v) is 7.10. The topological polar surface area (TPSA) is 38.0 Å². The van der Waals surface area contributed by atoms with E-state index in [2.05, 4.69) is 20.9 Å². The molecule has 1 heterocycles. The fourth-order valence-electron chi connectivity index (χ4n) is 1.53. The van der Waals surface area contributed by atoms with Crippen molar-refractivity contribution >= 4 is 27.7 Å². The summed E-state index contributed by atoms with van der Waals surface area (Å²) in [6.45, 7) is -0.141. The fraction of sp³-hybridized carbons (Fsp3) is 0.250. The average molecular weight is 367 g/mol. The lowest BCUT2D eigenvalue weighted by molar-refractivity contribution is -0.137. The maximum Gasteiger partial charge on any atom is 0.416 e. The number of hydrogen-bond acceptors (Lipinski definition) is 3. The van der Waals surface area contributed by atoms with E-state index in [1.807, 2.05) is 0 Å². The molecule has 1 N–H and O–H groups in total. The van der Waals surface area contributed by atoms with Gasteiger partial charge in [-0.2, -0.15) is 13.2 Å². The Labute approximate surface area is 126 Å². The van der Waals surface area contributed by atoms with E-state index < -0.39 is 11.7 Å². The molecule has 108 valence electrons. The summed E-state index contributed by atoms with van der Waals surface area (Å²) < 4.78 is 39.7. The van der Waals surface area contributed by atoms with Crippen molar-refractivity contribution in [2.45, 2.75) is 22.8 Å². The Kier molecular flexibility index (Phi) is 4.46. The molecular weight excluding hydrogens is 357 g/mol. The van der Waals surface area contributed by atoms with Crippen LogP contribution in [0.25, 0.3) is 0 Å². The molecule has 0 radical (unpaired) electrons. The lowest BCUT2D eigenvalue weighted by Crippen LogP contribution is -2.04. The SMILES string of the molecule is Cn1c(CO)cnc1Sc1ccc(C(F)(F)F)cc1Br. The van der Waals surface area contributed by atoms with Gasteiger partial charge in [-0.3, -0.25) is 0 Å². The largest absolute Gasteiger partial charge is 0.416 e. The molecule has 20 heavy (non-hydrogen) atoms. The predicted molar refractivity (Wildman–Crippen MR) is 72.4 cm³/mol. The van der Waals surface area contributed by atoms with Gasteiger partial charge in [0.2, 0.25) is 0 Å². The Balaban J connectivity index is 2.28. The van der Waals surface area contributed by atoms with Gasteiger partial charge in [0.05, 0.1) is 24.1 Å². The van der Waals surface area contributed by atoms with Crippen molar-refractivity contribution in [3.8, 4) is 0 Å². The van der Waals surface area contributed by atoms with Crippen LogP contribution >= 0.6 is 27.7 Å². The highest BCUT2D eigenvalue weighted by atomic mass is 79.9. The van der Waals surface area contributed by atoms with Crippen molar-refractivity contribution in [1.29, 1.82) is 0 Å². The molecule has 0 amide bonds. The van der Waals surface area contributed by atoms with Crippen LogP contribution in [0.1, 0.15) is 11.3 Å². The minimum absolute atomic E-state index is 0.141. The molecule has 3 nitrogen and oxygen atoms in total. The molecule has 2 rings (SSSR count). The number of alkyl halides is 3. The summed E-state index contributed by atoms with van der Waals surface area (Å²) in [4.78, 5) is 4.74. The average Bonchev–Trinajstić information content (AvgIpc) is 2.71. The minimum Gasteiger partial charge on any atom is -0.390 e. The van der Waals surface area contributed by atoms with Crippen molar-refractivity contribution in [2.24, 2.45) is 7.05 Å². The second-order valence-electron chi connectivity index (χ2n) is 3.99. The molecule has 0 bridgehead atoms. The molecule has 1 aromatic carbocycles. The van der Waals surface area contributed by atoms with E-state index in [4.69, 9.17) is 5.11 Å². The van der Waals surface area contributed by atoms with Gasteiger partial charge in [0, 0.05) is 16.4 Å². The Hall–Kier alpha value is -0.990. The van der Waals surface area contributed by atoms with Crippen LogP contribution in [0.4, 0.5) is 13.2 Å². The molecule has 0 aliphatic heterocycles. The molecular formula is C12H10BrF3N2OS. The van der Waals surface area contributed by atoms with Crippen LogP contribution in [0.5, 0.6) is 0 Å². The molecule has 0 atom stereocenters. The lowest BCUT2D eigenvalue weighted by atomic mass is 10.2. The van der Waals surface area contributed by atoms with Crippen molar-refractivity contribution in [3.05, 3.63) is 40.1 Å². The number of benzene rings is 1. The number of imidazole rings is 1. The third kappa shape index (κ3) is 3.18. The maximum absolute atomic E-state index is 12.6. The van der Waals surface area contributed by atoms with E-state index in [1.54, 1.807) is 11.6 Å².